The summed E-state index contributed by atoms with van der Waals surface area (Å²) in [4.78, 5) is 11.2. The van der Waals surface area contributed by atoms with Crippen LogP contribution in [0.2, 0.25) is 0 Å². The molecule has 0 saturated carbocycles. The molecule has 0 unspecified atom stereocenters. The van der Waals surface area contributed by atoms with E-state index in [2.05, 4.69) is 6.92 Å². The molecule has 1 aromatic rings. The summed E-state index contributed by atoms with van der Waals surface area (Å²) in [6.07, 6.45) is 10.5. The van der Waals surface area contributed by atoms with E-state index >= 15 is 0 Å². The fraction of sp³-hybridized carbons (Fsp3) is 0.650. The largest absolute Gasteiger partial charge is 0.491 e. The molecule has 0 fully saturated rings. The van der Waals surface area contributed by atoms with Crippen LogP contribution in [0.5, 0.6) is 5.75 Å². The predicted octanol–water partition coefficient (Wildman–Crippen LogP) is 5.43. The van der Waals surface area contributed by atoms with Gasteiger partial charge in [0.15, 0.2) is 5.78 Å². The first-order valence-electron chi connectivity index (χ1n) is 9.05. The van der Waals surface area contributed by atoms with Crippen LogP contribution in [0.15, 0.2) is 24.3 Å². The minimum absolute atomic E-state index is 0.0743. The number of carbonyl (C=O) groups excluding carboxylic acids is 1. The van der Waals surface area contributed by atoms with Crippen LogP contribution < -0.4 is 4.74 Å². The Morgan fingerprint density at radius 2 is 1.43 bits per heavy atom. The smallest absolute Gasteiger partial charge is 0.159 e. The van der Waals surface area contributed by atoms with Gasteiger partial charge in [-0.05, 0) is 37.6 Å². The number of ketones is 1. The Morgan fingerprint density at radius 1 is 0.826 bits per heavy atom. The molecule has 0 N–H and O–H groups in total. The van der Waals surface area contributed by atoms with Crippen molar-refractivity contribution in [2.75, 3.05) is 19.8 Å². The van der Waals surface area contributed by atoms with Crippen LogP contribution in [-0.2, 0) is 4.74 Å². The van der Waals surface area contributed by atoms with Gasteiger partial charge in [0, 0.05) is 12.2 Å². The van der Waals surface area contributed by atoms with Crippen molar-refractivity contribution in [2.45, 2.75) is 65.2 Å². The molecule has 0 aromatic heterocycles. The number of ether oxygens (including phenoxy) is 2. The summed E-state index contributed by atoms with van der Waals surface area (Å²) in [5.41, 5.74) is 0.711. The van der Waals surface area contributed by atoms with Crippen LogP contribution >= 0.6 is 0 Å². The van der Waals surface area contributed by atoms with Crippen molar-refractivity contribution in [3.05, 3.63) is 29.8 Å². The van der Waals surface area contributed by atoms with Gasteiger partial charge >= 0.3 is 0 Å². The molecular weight excluding hydrogens is 288 g/mol. The molecule has 1 aromatic carbocycles. The van der Waals surface area contributed by atoms with Gasteiger partial charge in [-0.2, -0.15) is 0 Å². The number of unbranched alkanes of at least 4 members (excludes halogenated alkanes) is 7. The molecule has 1 rings (SSSR count). The quantitative estimate of drug-likeness (QED) is 0.339. The van der Waals surface area contributed by atoms with Gasteiger partial charge in [0.2, 0.25) is 0 Å². The predicted molar refractivity (Wildman–Crippen MR) is 95.4 cm³/mol. The van der Waals surface area contributed by atoms with Crippen molar-refractivity contribution in [1.82, 2.24) is 0 Å². The third-order valence-corrected chi connectivity index (χ3v) is 3.90. The minimum Gasteiger partial charge on any atom is -0.491 e. The molecule has 0 aliphatic rings. The van der Waals surface area contributed by atoms with E-state index in [0.717, 1.165) is 18.8 Å². The van der Waals surface area contributed by atoms with Gasteiger partial charge in [-0.3, -0.25) is 4.79 Å². The summed E-state index contributed by atoms with van der Waals surface area (Å²) in [5.74, 6) is 0.857. The molecule has 0 radical (unpaired) electrons. The lowest BCUT2D eigenvalue weighted by Crippen LogP contribution is -2.07. The van der Waals surface area contributed by atoms with Gasteiger partial charge in [-0.15, -0.1) is 0 Å². The number of benzene rings is 1. The monoisotopic (exact) mass is 320 g/mol. The van der Waals surface area contributed by atoms with Crippen LogP contribution in [0.25, 0.3) is 0 Å². The second-order valence-corrected chi connectivity index (χ2v) is 6.02. The number of hydrogen-bond acceptors (Lipinski definition) is 3. The normalized spacial score (nSPS) is 10.7. The zero-order valence-corrected chi connectivity index (χ0v) is 14.8. The van der Waals surface area contributed by atoms with E-state index in [1.54, 1.807) is 19.1 Å². The summed E-state index contributed by atoms with van der Waals surface area (Å²) in [6, 6.07) is 7.24. The third kappa shape index (κ3) is 10.1. The molecular formula is C20H32O3. The molecule has 0 aliphatic heterocycles. The summed E-state index contributed by atoms with van der Waals surface area (Å²) in [7, 11) is 0. The Morgan fingerprint density at radius 3 is 2.04 bits per heavy atom. The summed E-state index contributed by atoms with van der Waals surface area (Å²) >= 11 is 0. The Bertz CT molecular complexity index is 411. The fourth-order valence-electron chi connectivity index (χ4n) is 2.44. The van der Waals surface area contributed by atoms with Crippen molar-refractivity contribution in [2.24, 2.45) is 0 Å². The fourth-order valence-corrected chi connectivity index (χ4v) is 2.44. The van der Waals surface area contributed by atoms with E-state index in [-0.39, 0.29) is 5.78 Å². The van der Waals surface area contributed by atoms with Crippen molar-refractivity contribution < 1.29 is 14.3 Å². The van der Waals surface area contributed by atoms with Gasteiger partial charge < -0.3 is 9.47 Å². The zero-order valence-electron chi connectivity index (χ0n) is 14.8. The lowest BCUT2D eigenvalue weighted by atomic mass is 10.1. The van der Waals surface area contributed by atoms with Crippen LogP contribution in [0.1, 0.15) is 75.6 Å². The van der Waals surface area contributed by atoms with E-state index in [9.17, 15) is 4.79 Å². The van der Waals surface area contributed by atoms with E-state index in [1.165, 1.54) is 44.9 Å². The Balaban J connectivity index is 1.90. The molecule has 0 atom stereocenters. The first-order valence-corrected chi connectivity index (χ1v) is 9.05. The lowest BCUT2D eigenvalue weighted by molar-refractivity contribution is 0.0969. The Hall–Kier alpha value is -1.35. The highest BCUT2D eigenvalue weighted by molar-refractivity contribution is 5.94. The highest BCUT2D eigenvalue weighted by Crippen LogP contribution is 2.12. The molecule has 0 bridgehead atoms. The van der Waals surface area contributed by atoms with Crippen molar-refractivity contribution >= 4 is 5.78 Å². The van der Waals surface area contributed by atoms with Gasteiger partial charge in [-0.25, -0.2) is 0 Å². The van der Waals surface area contributed by atoms with Crippen LogP contribution in [-0.4, -0.2) is 25.6 Å². The Labute approximate surface area is 141 Å². The maximum absolute atomic E-state index is 11.2. The second-order valence-electron chi connectivity index (χ2n) is 6.02. The first-order chi connectivity index (χ1) is 11.2. The van der Waals surface area contributed by atoms with Gasteiger partial charge in [0.25, 0.3) is 0 Å². The van der Waals surface area contributed by atoms with E-state index < -0.39 is 0 Å². The van der Waals surface area contributed by atoms with Crippen molar-refractivity contribution in [1.29, 1.82) is 0 Å². The molecule has 0 amide bonds. The molecule has 3 heteroatoms. The summed E-state index contributed by atoms with van der Waals surface area (Å²) in [5, 5.41) is 0. The van der Waals surface area contributed by atoms with E-state index in [1.807, 2.05) is 12.1 Å². The topological polar surface area (TPSA) is 35.5 Å². The number of rotatable bonds is 14. The molecule has 3 nitrogen and oxygen atoms in total. The first kappa shape index (κ1) is 19.7. The van der Waals surface area contributed by atoms with E-state index in [4.69, 9.17) is 9.47 Å². The van der Waals surface area contributed by atoms with Crippen LogP contribution in [0.4, 0.5) is 0 Å². The standard InChI is InChI=1S/C20H32O3/c1-3-4-5-6-7-8-9-10-15-22-16-17-23-20-13-11-19(12-14-20)18(2)21/h11-14H,3-10,15-17H2,1-2H3. The molecule has 23 heavy (non-hydrogen) atoms. The molecule has 0 aliphatic carbocycles. The number of hydrogen-bond donors (Lipinski definition) is 0. The van der Waals surface area contributed by atoms with Crippen LogP contribution in [0.3, 0.4) is 0 Å². The summed E-state index contributed by atoms with van der Waals surface area (Å²) in [6.45, 7) is 5.81. The molecule has 0 saturated heterocycles. The molecule has 0 heterocycles. The van der Waals surface area contributed by atoms with Gasteiger partial charge in [-0.1, -0.05) is 51.9 Å². The van der Waals surface area contributed by atoms with Gasteiger partial charge in [0.05, 0.1) is 6.61 Å². The average Bonchev–Trinajstić information content (AvgIpc) is 2.56. The van der Waals surface area contributed by atoms with Crippen molar-refractivity contribution in [3.8, 4) is 5.75 Å². The Kier molecular flexibility index (Phi) is 11.2. The highest BCUT2D eigenvalue weighted by atomic mass is 16.5. The van der Waals surface area contributed by atoms with E-state index in [0.29, 0.717) is 18.8 Å². The zero-order chi connectivity index (χ0) is 16.8. The molecule has 0 spiro atoms. The van der Waals surface area contributed by atoms with Crippen molar-refractivity contribution in [3.63, 3.8) is 0 Å². The highest BCUT2D eigenvalue weighted by Gasteiger charge is 1.99. The molecule has 130 valence electrons. The van der Waals surface area contributed by atoms with Gasteiger partial charge in [0.1, 0.15) is 12.4 Å². The SMILES string of the molecule is CCCCCCCCCCOCCOc1ccc(C(C)=O)cc1. The second kappa shape index (κ2) is 13.1. The number of Topliss-reactive ketones (excluding diaryl/α,β-unsaturated/α-hetero) is 1. The maximum atomic E-state index is 11.2. The third-order valence-electron chi connectivity index (χ3n) is 3.90. The average molecular weight is 320 g/mol. The van der Waals surface area contributed by atoms with Crippen LogP contribution in [0, 0.1) is 0 Å². The number of carbonyl (C=O) groups is 1. The minimum atomic E-state index is 0.0743. The summed E-state index contributed by atoms with van der Waals surface area (Å²) < 4.78 is 11.2. The maximum Gasteiger partial charge on any atom is 0.159 e. The lowest BCUT2D eigenvalue weighted by Gasteiger charge is -2.07.